The van der Waals surface area contributed by atoms with E-state index in [4.69, 9.17) is 21.4 Å². The second kappa shape index (κ2) is 10.3. The van der Waals surface area contributed by atoms with Crippen molar-refractivity contribution in [2.75, 3.05) is 20.1 Å². The van der Waals surface area contributed by atoms with Crippen LogP contribution in [-0.4, -0.2) is 71.9 Å². The topological polar surface area (TPSA) is 98.6 Å². The summed E-state index contributed by atoms with van der Waals surface area (Å²) < 4.78 is 0. The quantitative estimate of drug-likeness (QED) is 0.628. The summed E-state index contributed by atoms with van der Waals surface area (Å²) >= 11 is 6.64. The fourth-order valence-electron chi connectivity index (χ4n) is 4.40. The number of rotatable bonds is 6. The van der Waals surface area contributed by atoms with Crippen LogP contribution in [0.3, 0.4) is 0 Å². The molecule has 0 saturated carbocycles. The van der Waals surface area contributed by atoms with E-state index in [-0.39, 0.29) is 30.2 Å². The molecule has 3 aliphatic rings. The second-order valence-corrected chi connectivity index (χ2v) is 9.15. The molecule has 2 amide bonds. The average molecular weight is 499 g/mol. The van der Waals surface area contributed by atoms with Gasteiger partial charge >= 0.3 is 0 Å². The molecule has 1 aromatic rings. The zero-order valence-electron chi connectivity index (χ0n) is 20.6. The molecule has 0 aromatic heterocycles. The fraction of sp³-hybridized carbons (Fsp3) is 0.440. The van der Waals surface area contributed by atoms with Crippen molar-refractivity contribution in [3.63, 3.8) is 0 Å². The number of halogens is 1. The molecule has 0 bridgehead atoms. The highest BCUT2D eigenvalue weighted by Gasteiger charge is 2.33. The smallest absolute Gasteiger partial charge is 0.260 e. The fourth-order valence-corrected chi connectivity index (χ4v) is 4.68. The first-order valence-corrected chi connectivity index (χ1v) is 12.2. The first-order valence-electron chi connectivity index (χ1n) is 11.8. The summed E-state index contributed by atoms with van der Waals surface area (Å²) in [5.41, 5.74) is 5.51. The van der Waals surface area contributed by atoms with Gasteiger partial charge in [0.15, 0.2) is 12.1 Å². The number of nitrogens with one attached hydrogen (secondary N) is 2. The SMILES string of the molecule is C/C=C1/C=C(c2ccc(C3=NC(C)ON3)cc2Cl)C(=O)N(CC)/C1=N/C(C)NC1CCN(C)C1=O. The van der Waals surface area contributed by atoms with Crippen LogP contribution in [-0.2, 0) is 14.4 Å². The minimum Gasteiger partial charge on any atom is -0.344 e. The van der Waals surface area contributed by atoms with Crippen LogP contribution in [0.15, 0.2) is 45.9 Å². The van der Waals surface area contributed by atoms with E-state index < -0.39 is 0 Å². The van der Waals surface area contributed by atoms with Gasteiger partial charge in [0.2, 0.25) is 5.91 Å². The molecule has 0 radical (unpaired) electrons. The van der Waals surface area contributed by atoms with Crippen molar-refractivity contribution >= 4 is 40.7 Å². The van der Waals surface area contributed by atoms with Crippen molar-refractivity contribution in [3.05, 3.63) is 52.1 Å². The maximum Gasteiger partial charge on any atom is 0.260 e. The maximum absolute atomic E-state index is 13.5. The molecule has 186 valence electrons. The van der Waals surface area contributed by atoms with Crippen LogP contribution in [0.1, 0.15) is 45.2 Å². The van der Waals surface area contributed by atoms with Crippen molar-refractivity contribution in [1.82, 2.24) is 20.6 Å². The Kier molecular flexibility index (Phi) is 7.39. The Hall–Kier alpha value is -3.01. The molecule has 1 aromatic carbocycles. The number of likely N-dealkylation sites (N-methyl/N-ethyl adjacent to an activating group) is 2. The normalized spacial score (nSPS) is 25.9. The van der Waals surface area contributed by atoms with Gasteiger partial charge in [0.05, 0.1) is 12.2 Å². The molecule has 3 atom stereocenters. The lowest BCUT2D eigenvalue weighted by molar-refractivity contribution is -0.128. The number of hydrogen-bond acceptors (Lipinski definition) is 7. The zero-order chi connectivity index (χ0) is 25.3. The first-order chi connectivity index (χ1) is 16.7. The monoisotopic (exact) mass is 498 g/mol. The highest BCUT2D eigenvalue weighted by molar-refractivity contribution is 6.37. The van der Waals surface area contributed by atoms with E-state index in [9.17, 15) is 9.59 Å². The van der Waals surface area contributed by atoms with E-state index in [1.807, 2.05) is 52.0 Å². The Balaban J connectivity index is 1.63. The van der Waals surface area contributed by atoms with Crippen LogP contribution in [0, 0.1) is 0 Å². The molecule has 0 spiro atoms. The molecule has 10 heteroatoms. The molecular weight excluding hydrogens is 468 g/mol. The zero-order valence-corrected chi connectivity index (χ0v) is 21.4. The summed E-state index contributed by atoms with van der Waals surface area (Å²) in [5, 5.41) is 3.73. The number of amidine groups is 2. The number of allylic oxidation sites excluding steroid dienone is 1. The van der Waals surface area contributed by atoms with E-state index in [1.54, 1.807) is 22.9 Å². The molecule has 3 aliphatic heterocycles. The average Bonchev–Trinajstić information content (AvgIpc) is 3.40. The molecule has 3 heterocycles. The van der Waals surface area contributed by atoms with Crippen molar-refractivity contribution in [3.8, 4) is 0 Å². The van der Waals surface area contributed by atoms with Crippen LogP contribution in [0.25, 0.3) is 5.57 Å². The highest BCUT2D eigenvalue weighted by atomic mass is 35.5. The molecule has 2 N–H and O–H groups in total. The van der Waals surface area contributed by atoms with Crippen LogP contribution in [0.4, 0.5) is 0 Å². The van der Waals surface area contributed by atoms with Crippen LogP contribution in [0.5, 0.6) is 0 Å². The Morgan fingerprint density at radius 2 is 2.17 bits per heavy atom. The van der Waals surface area contributed by atoms with E-state index in [2.05, 4.69) is 15.8 Å². The van der Waals surface area contributed by atoms with Gasteiger partial charge in [0.25, 0.3) is 5.91 Å². The third-order valence-electron chi connectivity index (χ3n) is 6.27. The lowest BCUT2D eigenvalue weighted by Crippen LogP contribution is -2.45. The lowest BCUT2D eigenvalue weighted by atomic mass is 9.95. The van der Waals surface area contributed by atoms with E-state index in [0.29, 0.717) is 34.4 Å². The van der Waals surface area contributed by atoms with Crippen LogP contribution >= 0.6 is 11.6 Å². The number of hydroxylamine groups is 1. The summed E-state index contributed by atoms with van der Waals surface area (Å²) in [5.74, 6) is 1.06. The third kappa shape index (κ3) is 5.03. The van der Waals surface area contributed by atoms with Gasteiger partial charge in [-0.15, -0.1) is 0 Å². The first kappa shape index (κ1) is 25.1. The molecule has 1 saturated heterocycles. The molecular formula is C25H31ClN6O3. The molecule has 1 fully saturated rings. The predicted octanol–water partition coefficient (Wildman–Crippen LogP) is 2.72. The Morgan fingerprint density at radius 3 is 2.74 bits per heavy atom. The second-order valence-electron chi connectivity index (χ2n) is 8.74. The van der Waals surface area contributed by atoms with Crippen LogP contribution < -0.4 is 10.8 Å². The van der Waals surface area contributed by atoms with Crippen LogP contribution in [0.2, 0.25) is 5.02 Å². The van der Waals surface area contributed by atoms with E-state index in [1.165, 1.54) is 0 Å². The predicted molar refractivity (Wildman–Crippen MR) is 137 cm³/mol. The number of benzene rings is 1. The number of aliphatic imine (C=N–C) groups is 2. The number of hydrogen-bond donors (Lipinski definition) is 2. The van der Waals surface area contributed by atoms with Gasteiger partial charge in [0.1, 0.15) is 5.84 Å². The minimum atomic E-state index is -0.343. The molecule has 4 rings (SSSR count). The van der Waals surface area contributed by atoms with Gasteiger partial charge in [-0.3, -0.25) is 19.8 Å². The summed E-state index contributed by atoms with van der Waals surface area (Å²) in [6.45, 7) is 8.71. The summed E-state index contributed by atoms with van der Waals surface area (Å²) in [6, 6.07) is 5.19. The maximum atomic E-state index is 13.5. The van der Waals surface area contributed by atoms with E-state index >= 15 is 0 Å². The molecule has 35 heavy (non-hydrogen) atoms. The lowest BCUT2D eigenvalue weighted by Gasteiger charge is -2.31. The Bertz CT molecular complexity index is 1160. The van der Waals surface area contributed by atoms with Gasteiger partial charge < -0.3 is 4.90 Å². The van der Waals surface area contributed by atoms with Crippen molar-refractivity contribution in [2.24, 2.45) is 9.98 Å². The number of likely N-dealkylation sites (tertiary alicyclic amines) is 1. The van der Waals surface area contributed by atoms with Gasteiger partial charge in [-0.1, -0.05) is 29.8 Å². The molecule has 0 aliphatic carbocycles. The summed E-state index contributed by atoms with van der Waals surface area (Å²) in [6.07, 6.45) is 3.87. The van der Waals surface area contributed by atoms with Gasteiger partial charge in [0, 0.05) is 47.4 Å². The van der Waals surface area contributed by atoms with Crippen molar-refractivity contribution in [1.29, 1.82) is 0 Å². The van der Waals surface area contributed by atoms with Gasteiger partial charge in [-0.05, 0) is 46.3 Å². The Labute approximate surface area is 210 Å². The third-order valence-corrected chi connectivity index (χ3v) is 6.58. The molecule has 3 unspecified atom stereocenters. The minimum absolute atomic E-state index is 0.0652. The number of amides is 2. The number of nitrogens with zero attached hydrogens (tertiary/aromatic N) is 4. The summed E-state index contributed by atoms with van der Waals surface area (Å²) in [4.78, 5) is 43.6. The largest absolute Gasteiger partial charge is 0.344 e. The van der Waals surface area contributed by atoms with Gasteiger partial charge in [-0.25, -0.2) is 20.3 Å². The van der Waals surface area contributed by atoms with Crippen molar-refractivity contribution in [2.45, 2.75) is 52.6 Å². The number of carbonyl (C=O) groups excluding carboxylic acids is 2. The van der Waals surface area contributed by atoms with Crippen molar-refractivity contribution < 1.29 is 14.4 Å². The molecule has 9 nitrogen and oxygen atoms in total. The highest BCUT2D eigenvalue weighted by Crippen LogP contribution is 2.32. The van der Waals surface area contributed by atoms with Gasteiger partial charge in [-0.2, -0.15) is 0 Å². The standard InChI is InChI=1S/C25H31ClN6O3/c1-6-16-12-19(18-9-8-17(13-20(18)26)22-29-15(4)35-30-22)24(33)32(7-2)23(16)28-14(3)27-21-10-11-31(5)25(21)34/h6,8-9,12-15,21,27H,7,10-11H2,1-5H3,(H,29,30)/b16-6-,28-23+. The number of carbonyl (C=O) groups is 2. The van der Waals surface area contributed by atoms with E-state index in [0.717, 1.165) is 24.1 Å². The summed E-state index contributed by atoms with van der Waals surface area (Å²) in [7, 11) is 1.80. The Morgan fingerprint density at radius 1 is 1.40 bits per heavy atom.